The Bertz CT molecular complexity index is 581. The Morgan fingerprint density at radius 2 is 2.05 bits per heavy atom. The highest BCUT2D eigenvalue weighted by Crippen LogP contribution is 2.28. The summed E-state index contributed by atoms with van der Waals surface area (Å²) in [5, 5.41) is 2.96. The van der Waals surface area contributed by atoms with E-state index < -0.39 is 0 Å². The van der Waals surface area contributed by atoms with Crippen LogP contribution in [0.25, 0.3) is 0 Å². The summed E-state index contributed by atoms with van der Waals surface area (Å²) >= 11 is 1.67. The second kappa shape index (κ2) is 6.85. The van der Waals surface area contributed by atoms with Crippen LogP contribution in [0.4, 0.5) is 0 Å². The number of aromatic nitrogens is 1. The second-order valence-electron chi connectivity index (χ2n) is 5.48. The third kappa shape index (κ3) is 3.70. The van der Waals surface area contributed by atoms with Gasteiger partial charge in [-0.1, -0.05) is 18.9 Å². The van der Waals surface area contributed by atoms with E-state index in [4.69, 9.17) is 0 Å². The van der Waals surface area contributed by atoms with Crippen LogP contribution in [0.1, 0.15) is 51.5 Å². The number of nitrogens with zero attached hydrogens (tertiary/aromatic N) is 1. The van der Waals surface area contributed by atoms with Gasteiger partial charge in [-0.25, -0.2) is 0 Å². The zero-order valence-electron chi connectivity index (χ0n) is 12.1. The molecule has 0 aliphatic heterocycles. The Hall–Kier alpha value is -1.68. The van der Waals surface area contributed by atoms with Gasteiger partial charge in [-0.15, -0.1) is 11.3 Å². The summed E-state index contributed by atoms with van der Waals surface area (Å²) in [4.78, 5) is 18.8. The molecule has 0 aromatic carbocycles. The van der Waals surface area contributed by atoms with Crippen molar-refractivity contribution in [1.82, 2.24) is 10.3 Å². The molecular weight excluding hydrogens is 280 g/mol. The van der Waals surface area contributed by atoms with Crippen molar-refractivity contribution in [2.45, 2.75) is 45.1 Å². The van der Waals surface area contributed by atoms with Gasteiger partial charge >= 0.3 is 0 Å². The SMILES string of the molecule is O=C(NCc1ccccn1)c1cc2c(s1)CCCCCC2. The molecule has 2 heterocycles. The van der Waals surface area contributed by atoms with Crippen LogP contribution >= 0.6 is 11.3 Å². The first-order valence-corrected chi connectivity index (χ1v) is 8.44. The largest absolute Gasteiger partial charge is 0.346 e. The monoisotopic (exact) mass is 300 g/mol. The van der Waals surface area contributed by atoms with E-state index >= 15 is 0 Å². The average Bonchev–Trinajstić information content (AvgIpc) is 2.88. The van der Waals surface area contributed by atoms with Gasteiger partial charge < -0.3 is 5.32 Å². The molecule has 1 aliphatic rings. The number of carbonyl (C=O) groups excluding carboxylic acids is 1. The third-order valence-electron chi connectivity index (χ3n) is 3.88. The first-order valence-electron chi connectivity index (χ1n) is 7.62. The molecule has 0 radical (unpaired) electrons. The van der Waals surface area contributed by atoms with Gasteiger partial charge in [0.1, 0.15) is 0 Å². The molecule has 1 aliphatic carbocycles. The van der Waals surface area contributed by atoms with Gasteiger partial charge in [0.25, 0.3) is 5.91 Å². The molecule has 0 bridgehead atoms. The molecule has 0 unspecified atom stereocenters. The minimum Gasteiger partial charge on any atom is -0.346 e. The predicted molar refractivity (Wildman–Crippen MR) is 85.6 cm³/mol. The number of fused-ring (bicyclic) bond motifs is 1. The molecule has 0 saturated heterocycles. The molecular formula is C17H20N2OS. The number of rotatable bonds is 3. The summed E-state index contributed by atoms with van der Waals surface area (Å²) in [5.74, 6) is 0.0254. The van der Waals surface area contributed by atoms with Crippen molar-refractivity contribution in [3.63, 3.8) is 0 Å². The van der Waals surface area contributed by atoms with E-state index in [2.05, 4.69) is 16.4 Å². The van der Waals surface area contributed by atoms with Crippen LogP contribution in [0.15, 0.2) is 30.5 Å². The summed E-state index contributed by atoms with van der Waals surface area (Å²) in [6, 6.07) is 7.84. The Kier molecular flexibility index (Phi) is 4.65. The normalized spacial score (nSPS) is 14.9. The van der Waals surface area contributed by atoms with E-state index in [9.17, 15) is 4.79 Å². The Labute approximate surface area is 129 Å². The average molecular weight is 300 g/mol. The van der Waals surface area contributed by atoms with Crippen molar-refractivity contribution < 1.29 is 4.79 Å². The van der Waals surface area contributed by atoms with Crippen LogP contribution in [0, 0.1) is 0 Å². The minimum absolute atomic E-state index is 0.0254. The molecule has 4 heteroatoms. The second-order valence-corrected chi connectivity index (χ2v) is 6.61. The summed E-state index contributed by atoms with van der Waals surface area (Å²) in [5.41, 5.74) is 2.28. The summed E-state index contributed by atoms with van der Waals surface area (Å²) < 4.78 is 0. The van der Waals surface area contributed by atoms with Crippen molar-refractivity contribution in [3.8, 4) is 0 Å². The highest BCUT2D eigenvalue weighted by atomic mass is 32.1. The van der Waals surface area contributed by atoms with E-state index in [1.165, 1.54) is 36.1 Å². The maximum atomic E-state index is 12.3. The highest BCUT2D eigenvalue weighted by Gasteiger charge is 2.15. The molecule has 0 atom stereocenters. The lowest BCUT2D eigenvalue weighted by Gasteiger charge is -2.07. The maximum absolute atomic E-state index is 12.3. The molecule has 1 N–H and O–H groups in total. The lowest BCUT2D eigenvalue weighted by Crippen LogP contribution is -2.22. The van der Waals surface area contributed by atoms with E-state index in [0.29, 0.717) is 6.54 Å². The number of pyridine rings is 1. The Morgan fingerprint density at radius 3 is 2.86 bits per heavy atom. The number of hydrogen-bond donors (Lipinski definition) is 1. The van der Waals surface area contributed by atoms with Gasteiger partial charge in [0.05, 0.1) is 17.1 Å². The van der Waals surface area contributed by atoms with Crippen LogP contribution in [0.2, 0.25) is 0 Å². The van der Waals surface area contributed by atoms with E-state index in [1.807, 2.05) is 18.2 Å². The lowest BCUT2D eigenvalue weighted by atomic mass is 10.00. The highest BCUT2D eigenvalue weighted by molar-refractivity contribution is 7.14. The van der Waals surface area contributed by atoms with Crippen LogP contribution in [-0.2, 0) is 19.4 Å². The molecule has 2 aromatic heterocycles. The molecule has 3 rings (SSSR count). The number of amides is 1. The van der Waals surface area contributed by atoms with Gasteiger partial charge in [-0.2, -0.15) is 0 Å². The first-order chi connectivity index (χ1) is 10.3. The quantitative estimate of drug-likeness (QED) is 0.938. The van der Waals surface area contributed by atoms with Gasteiger partial charge in [-0.05, 0) is 49.4 Å². The zero-order chi connectivity index (χ0) is 14.5. The van der Waals surface area contributed by atoms with Gasteiger partial charge in [0, 0.05) is 11.1 Å². The molecule has 1 amide bonds. The third-order valence-corrected chi connectivity index (χ3v) is 5.11. The molecule has 0 saturated carbocycles. The number of carbonyl (C=O) groups is 1. The summed E-state index contributed by atoms with van der Waals surface area (Å²) in [6.07, 6.45) is 9.14. The standard InChI is InChI=1S/C17H20N2OS/c20-17(19-12-14-8-5-6-10-18-14)16-11-13-7-3-1-2-4-9-15(13)21-16/h5-6,8,10-11H,1-4,7,9,12H2,(H,19,20). The lowest BCUT2D eigenvalue weighted by molar-refractivity contribution is 0.0954. The van der Waals surface area contributed by atoms with Crippen LogP contribution in [0.3, 0.4) is 0 Å². The molecule has 0 spiro atoms. The summed E-state index contributed by atoms with van der Waals surface area (Å²) in [6.45, 7) is 0.488. The van der Waals surface area contributed by atoms with Crippen molar-refractivity contribution in [3.05, 3.63) is 51.5 Å². The predicted octanol–water partition coefficient (Wildman–Crippen LogP) is 3.73. The van der Waals surface area contributed by atoms with Crippen LogP contribution in [0.5, 0.6) is 0 Å². The van der Waals surface area contributed by atoms with Gasteiger partial charge in [0.15, 0.2) is 0 Å². The van der Waals surface area contributed by atoms with Gasteiger partial charge in [-0.3, -0.25) is 9.78 Å². The van der Waals surface area contributed by atoms with E-state index in [0.717, 1.165) is 23.4 Å². The topological polar surface area (TPSA) is 42.0 Å². The van der Waals surface area contributed by atoms with Gasteiger partial charge in [0.2, 0.25) is 0 Å². The summed E-state index contributed by atoms with van der Waals surface area (Å²) in [7, 11) is 0. The van der Waals surface area contributed by atoms with Crippen LogP contribution < -0.4 is 5.32 Å². The number of aryl methyl sites for hydroxylation is 2. The molecule has 21 heavy (non-hydrogen) atoms. The van der Waals surface area contributed by atoms with Crippen molar-refractivity contribution >= 4 is 17.2 Å². The maximum Gasteiger partial charge on any atom is 0.261 e. The fraction of sp³-hybridized carbons (Fsp3) is 0.412. The number of thiophene rings is 1. The number of nitrogens with one attached hydrogen (secondary N) is 1. The molecule has 3 nitrogen and oxygen atoms in total. The molecule has 110 valence electrons. The van der Waals surface area contributed by atoms with Crippen molar-refractivity contribution in [1.29, 1.82) is 0 Å². The Morgan fingerprint density at radius 1 is 1.19 bits per heavy atom. The fourth-order valence-corrected chi connectivity index (χ4v) is 3.89. The van der Waals surface area contributed by atoms with E-state index in [-0.39, 0.29) is 5.91 Å². The number of hydrogen-bond acceptors (Lipinski definition) is 3. The molecule has 0 fully saturated rings. The van der Waals surface area contributed by atoms with Crippen molar-refractivity contribution in [2.75, 3.05) is 0 Å². The zero-order valence-corrected chi connectivity index (χ0v) is 12.9. The fourth-order valence-electron chi connectivity index (χ4n) is 2.72. The minimum atomic E-state index is 0.0254. The van der Waals surface area contributed by atoms with Crippen LogP contribution in [-0.4, -0.2) is 10.9 Å². The molecule has 2 aromatic rings. The van der Waals surface area contributed by atoms with E-state index in [1.54, 1.807) is 17.5 Å². The first kappa shape index (κ1) is 14.3. The Balaban J connectivity index is 1.66. The van der Waals surface area contributed by atoms with Crippen molar-refractivity contribution in [2.24, 2.45) is 0 Å². The smallest absolute Gasteiger partial charge is 0.261 e.